The van der Waals surface area contributed by atoms with Crippen LogP contribution in [0, 0.1) is 0 Å². The zero-order chi connectivity index (χ0) is 18.5. The number of carbonyl (C=O) groups is 2. The second kappa shape index (κ2) is 7.66. The first-order chi connectivity index (χ1) is 10.2. The lowest BCUT2D eigenvalue weighted by Crippen LogP contribution is -2.60. The summed E-state index contributed by atoms with van der Waals surface area (Å²) < 4.78 is 82.1. The van der Waals surface area contributed by atoms with Gasteiger partial charge in [-0.05, 0) is 13.3 Å². The molecule has 134 valence electrons. The topological polar surface area (TPSA) is 72.8 Å². The predicted octanol–water partition coefficient (Wildman–Crippen LogP) is 2.28. The van der Waals surface area contributed by atoms with Crippen LogP contribution in [0.4, 0.5) is 26.3 Å². The minimum atomic E-state index is -6.07. The highest BCUT2D eigenvalue weighted by Gasteiger charge is 2.71. The molecule has 0 saturated heterocycles. The van der Waals surface area contributed by atoms with Gasteiger partial charge in [0.1, 0.15) is 6.61 Å². The molecule has 0 bridgehead atoms. The molecule has 11 heteroatoms. The first kappa shape index (κ1) is 21.2. The minimum Gasteiger partial charge on any atom is -0.462 e. The Balaban J connectivity index is 4.41. The molecule has 23 heavy (non-hydrogen) atoms. The van der Waals surface area contributed by atoms with Crippen LogP contribution in [0.25, 0.3) is 0 Å². The Bertz CT molecular complexity index is 440. The zero-order valence-corrected chi connectivity index (χ0v) is 11.9. The third kappa shape index (κ3) is 6.08. The Morgan fingerprint density at radius 1 is 1.04 bits per heavy atom. The van der Waals surface area contributed by atoms with Gasteiger partial charge in [0.15, 0.2) is 0 Å². The maximum atomic E-state index is 12.3. The number of alkyl halides is 6. The summed E-state index contributed by atoms with van der Waals surface area (Å²) in [6, 6.07) is 0. The van der Waals surface area contributed by atoms with Gasteiger partial charge in [-0.25, -0.2) is 4.79 Å². The summed E-state index contributed by atoms with van der Waals surface area (Å²) in [6.45, 7) is 2.00. The summed E-state index contributed by atoms with van der Waals surface area (Å²) in [5, 5.41) is 8.73. The van der Waals surface area contributed by atoms with Gasteiger partial charge in [-0.3, -0.25) is 4.79 Å². The number of carbonyl (C=O) groups excluding carboxylic acids is 2. The second-order valence-corrected chi connectivity index (χ2v) is 4.54. The largest absolute Gasteiger partial charge is 0.462 e. The molecule has 0 unspecified atom stereocenters. The third-order valence-corrected chi connectivity index (χ3v) is 2.49. The van der Waals surface area contributed by atoms with Crippen molar-refractivity contribution >= 4 is 11.9 Å². The molecule has 0 spiro atoms. The molecule has 0 amide bonds. The normalized spacial score (nSPS) is 12.7. The Labute approximate surface area is 126 Å². The van der Waals surface area contributed by atoms with Crippen LogP contribution in [-0.2, 0) is 19.1 Å². The van der Waals surface area contributed by atoms with E-state index in [0.717, 1.165) is 0 Å². The molecule has 0 saturated carbocycles. The van der Waals surface area contributed by atoms with Crippen LogP contribution in [0.3, 0.4) is 0 Å². The van der Waals surface area contributed by atoms with Crippen molar-refractivity contribution in [3.8, 4) is 0 Å². The summed E-state index contributed by atoms with van der Waals surface area (Å²) in [5.41, 5.74) is -5.07. The fourth-order valence-corrected chi connectivity index (χ4v) is 1.09. The van der Waals surface area contributed by atoms with E-state index >= 15 is 0 Å². The van der Waals surface area contributed by atoms with Crippen molar-refractivity contribution in [3.05, 3.63) is 12.2 Å². The molecule has 0 aromatic rings. The summed E-state index contributed by atoms with van der Waals surface area (Å²) in [6.07, 6.45) is -12.9. The molecule has 0 heterocycles. The molecule has 5 nitrogen and oxygen atoms in total. The zero-order valence-electron chi connectivity index (χ0n) is 11.9. The van der Waals surface area contributed by atoms with Crippen molar-refractivity contribution in [3.63, 3.8) is 0 Å². The Kier molecular flexibility index (Phi) is 7.07. The van der Waals surface area contributed by atoms with Gasteiger partial charge >= 0.3 is 24.3 Å². The van der Waals surface area contributed by atoms with E-state index in [1.54, 1.807) is 0 Å². The highest BCUT2D eigenvalue weighted by molar-refractivity contribution is 5.86. The molecular weight excluding hydrogens is 338 g/mol. The third-order valence-electron chi connectivity index (χ3n) is 2.49. The maximum Gasteiger partial charge on any atom is 0.429 e. The summed E-state index contributed by atoms with van der Waals surface area (Å²) >= 11 is 0. The van der Waals surface area contributed by atoms with E-state index in [1.807, 2.05) is 0 Å². The standard InChI is InChI=1S/C12H14F6O5/c1-7(2)9(20)22-5-3-4-8(19)23-6-10(21,11(13,14)15)12(16,17)18/h21H,1,3-6H2,2H3. The molecule has 0 rings (SSSR count). The van der Waals surface area contributed by atoms with Gasteiger partial charge in [0.2, 0.25) is 0 Å². The average Bonchev–Trinajstić information content (AvgIpc) is 2.37. The van der Waals surface area contributed by atoms with E-state index in [4.69, 9.17) is 5.11 Å². The number of halogens is 6. The maximum absolute atomic E-state index is 12.3. The number of esters is 2. The number of ether oxygens (including phenoxy) is 2. The molecule has 0 aliphatic rings. The number of hydrogen-bond donors (Lipinski definition) is 1. The van der Waals surface area contributed by atoms with Crippen molar-refractivity contribution in [1.82, 2.24) is 0 Å². The summed E-state index contributed by atoms with van der Waals surface area (Å²) in [7, 11) is 0. The highest BCUT2D eigenvalue weighted by atomic mass is 19.4. The van der Waals surface area contributed by atoms with Gasteiger partial charge in [-0.1, -0.05) is 6.58 Å². The lowest BCUT2D eigenvalue weighted by atomic mass is 10.0. The Hall–Kier alpha value is -1.78. The van der Waals surface area contributed by atoms with E-state index < -0.39 is 42.9 Å². The van der Waals surface area contributed by atoms with Crippen molar-refractivity contribution in [2.45, 2.75) is 37.7 Å². The van der Waals surface area contributed by atoms with E-state index in [0.29, 0.717) is 0 Å². The molecule has 0 atom stereocenters. The first-order valence-electron chi connectivity index (χ1n) is 6.06. The van der Waals surface area contributed by atoms with Crippen molar-refractivity contribution < 1.29 is 50.5 Å². The fourth-order valence-electron chi connectivity index (χ4n) is 1.09. The molecule has 0 aromatic heterocycles. The molecule has 0 fully saturated rings. The lowest BCUT2D eigenvalue weighted by Gasteiger charge is -2.31. The SMILES string of the molecule is C=C(C)C(=O)OCCCC(=O)OCC(O)(C(F)(F)F)C(F)(F)F. The van der Waals surface area contributed by atoms with E-state index in [-0.39, 0.29) is 18.6 Å². The minimum absolute atomic E-state index is 0.0768. The van der Waals surface area contributed by atoms with E-state index in [1.165, 1.54) is 6.92 Å². The van der Waals surface area contributed by atoms with Gasteiger partial charge < -0.3 is 14.6 Å². The molecule has 0 aliphatic heterocycles. The monoisotopic (exact) mass is 352 g/mol. The van der Waals surface area contributed by atoms with Crippen LogP contribution < -0.4 is 0 Å². The van der Waals surface area contributed by atoms with Gasteiger partial charge in [-0.2, -0.15) is 26.3 Å². The van der Waals surface area contributed by atoms with Gasteiger partial charge in [0, 0.05) is 12.0 Å². The van der Waals surface area contributed by atoms with Crippen LogP contribution >= 0.6 is 0 Å². The second-order valence-electron chi connectivity index (χ2n) is 4.54. The fraction of sp³-hybridized carbons (Fsp3) is 0.667. The van der Waals surface area contributed by atoms with Crippen molar-refractivity contribution in [2.24, 2.45) is 0 Å². The smallest absolute Gasteiger partial charge is 0.429 e. The van der Waals surface area contributed by atoms with Crippen LogP contribution in [-0.4, -0.2) is 48.2 Å². The predicted molar refractivity (Wildman–Crippen MR) is 63.0 cm³/mol. The molecule has 1 N–H and O–H groups in total. The van der Waals surface area contributed by atoms with Crippen LogP contribution in [0.2, 0.25) is 0 Å². The number of aliphatic hydroxyl groups is 1. The Morgan fingerprint density at radius 3 is 1.91 bits per heavy atom. The molecular formula is C12H14F6O5. The first-order valence-corrected chi connectivity index (χ1v) is 6.06. The molecule has 0 aliphatic carbocycles. The summed E-state index contributed by atoms with van der Waals surface area (Å²) in [5.74, 6) is -2.18. The number of rotatable bonds is 7. The molecule has 0 radical (unpaired) electrons. The van der Waals surface area contributed by atoms with E-state index in [9.17, 15) is 35.9 Å². The molecule has 0 aromatic carbocycles. The Morgan fingerprint density at radius 2 is 1.52 bits per heavy atom. The number of hydrogen-bond acceptors (Lipinski definition) is 5. The van der Waals surface area contributed by atoms with Gasteiger partial charge in [0.05, 0.1) is 6.61 Å². The van der Waals surface area contributed by atoms with Crippen molar-refractivity contribution in [1.29, 1.82) is 0 Å². The van der Waals surface area contributed by atoms with Crippen molar-refractivity contribution in [2.75, 3.05) is 13.2 Å². The van der Waals surface area contributed by atoms with Gasteiger partial charge in [0.25, 0.3) is 5.60 Å². The van der Waals surface area contributed by atoms with Crippen LogP contribution in [0.15, 0.2) is 12.2 Å². The van der Waals surface area contributed by atoms with E-state index in [2.05, 4.69) is 16.1 Å². The van der Waals surface area contributed by atoms with Crippen LogP contribution in [0.1, 0.15) is 19.8 Å². The summed E-state index contributed by atoms with van der Waals surface area (Å²) in [4.78, 5) is 22.0. The average molecular weight is 352 g/mol. The lowest BCUT2D eigenvalue weighted by molar-refractivity contribution is -0.375. The highest BCUT2D eigenvalue weighted by Crippen LogP contribution is 2.43. The van der Waals surface area contributed by atoms with Gasteiger partial charge in [-0.15, -0.1) is 0 Å². The van der Waals surface area contributed by atoms with Crippen LogP contribution in [0.5, 0.6) is 0 Å². The quantitative estimate of drug-likeness (QED) is 0.329.